The summed E-state index contributed by atoms with van der Waals surface area (Å²) in [5.41, 5.74) is -0.854. The molecule has 2 N–H and O–H groups in total. The Morgan fingerprint density at radius 1 is 1.06 bits per heavy atom. The third-order valence-electron chi connectivity index (χ3n) is 10.8. The predicted octanol–water partition coefficient (Wildman–Crippen LogP) is 5.56. The molecule has 0 aliphatic heterocycles. The summed E-state index contributed by atoms with van der Waals surface area (Å²) in [4.78, 5) is 12.0. The molecule has 0 spiro atoms. The summed E-state index contributed by atoms with van der Waals surface area (Å²) in [6, 6.07) is 0. The molecule has 0 saturated heterocycles. The van der Waals surface area contributed by atoms with Gasteiger partial charge in [-0.25, -0.2) is 0 Å². The first-order chi connectivity index (χ1) is 14.6. The molecule has 0 heterocycles. The van der Waals surface area contributed by atoms with E-state index in [-0.39, 0.29) is 23.4 Å². The van der Waals surface area contributed by atoms with Crippen molar-refractivity contribution in [1.29, 1.82) is 0 Å². The second-order valence-electron chi connectivity index (χ2n) is 12.2. The fourth-order valence-corrected chi connectivity index (χ4v) is 8.20. The summed E-state index contributed by atoms with van der Waals surface area (Å²) in [7, 11) is 0. The van der Waals surface area contributed by atoms with Gasteiger partial charge in [-0.05, 0) is 85.5 Å². The van der Waals surface area contributed by atoms with Gasteiger partial charge in [-0.2, -0.15) is 0 Å². The van der Waals surface area contributed by atoms with E-state index in [9.17, 15) is 15.0 Å². The Hall–Kier alpha value is -0.930. The molecule has 9 atom stereocenters. The Morgan fingerprint density at radius 3 is 2.45 bits per heavy atom. The molecule has 0 aromatic carbocycles. The third kappa shape index (κ3) is 3.50. The second kappa shape index (κ2) is 8.13. The standard InChI is InChI=1S/C28H44O3/c1-18(2)19(3)6-7-21(17-29)28(31)15-12-25-23-9-8-20-16-22(30)10-13-26(20,4)24(23)11-14-27(25,28)5/h6-7,10,13,18-21,23-25,29,31H,8-9,11-12,14-17H2,1-5H3/t19-,20+,21+,23-,24+,25+,26+,27+,28+/m1/s1. The smallest absolute Gasteiger partial charge is 0.155 e. The first kappa shape index (κ1) is 23.2. The van der Waals surface area contributed by atoms with Gasteiger partial charge >= 0.3 is 0 Å². The summed E-state index contributed by atoms with van der Waals surface area (Å²) >= 11 is 0. The fraction of sp³-hybridized carbons (Fsp3) is 0.821. The van der Waals surface area contributed by atoms with Crippen LogP contribution in [0.5, 0.6) is 0 Å². The normalized spacial score (nSPS) is 46.6. The summed E-state index contributed by atoms with van der Waals surface area (Å²) in [5, 5.41) is 22.4. The highest BCUT2D eigenvalue weighted by molar-refractivity contribution is 5.91. The molecule has 3 saturated carbocycles. The largest absolute Gasteiger partial charge is 0.396 e. The lowest BCUT2D eigenvalue weighted by Gasteiger charge is -2.60. The van der Waals surface area contributed by atoms with E-state index < -0.39 is 5.60 Å². The van der Waals surface area contributed by atoms with Crippen molar-refractivity contribution in [2.75, 3.05) is 6.61 Å². The van der Waals surface area contributed by atoms with Gasteiger partial charge in [0.1, 0.15) is 0 Å². The van der Waals surface area contributed by atoms with E-state index in [0.717, 1.165) is 32.1 Å². The number of ketones is 1. The van der Waals surface area contributed by atoms with Crippen LogP contribution in [0.3, 0.4) is 0 Å². The van der Waals surface area contributed by atoms with Gasteiger partial charge in [-0.1, -0.05) is 52.8 Å². The Bertz CT molecular complexity index is 753. The minimum Gasteiger partial charge on any atom is -0.396 e. The maximum Gasteiger partial charge on any atom is 0.155 e. The minimum atomic E-state index is -0.833. The summed E-state index contributed by atoms with van der Waals surface area (Å²) < 4.78 is 0. The lowest BCUT2D eigenvalue weighted by Crippen LogP contribution is -2.58. The Morgan fingerprint density at radius 2 is 1.77 bits per heavy atom. The van der Waals surface area contributed by atoms with Crippen LogP contribution in [-0.4, -0.2) is 28.2 Å². The van der Waals surface area contributed by atoms with Crippen molar-refractivity contribution in [2.45, 2.75) is 85.2 Å². The van der Waals surface area contributed by atoms with Gasteiger partial charge in [0, 0.05) is 17.8 Å². The number of carbonyl (C=O) groups excluding carboxylic acids is 1. The number of hydrogen-bond acceptors (Lipinski definition) is 3. The average molecular weight is 429 g/mol. The topological polar surface area (TPSA) is 57.5 Å². The zero-order valence-electron chi connectivity index (χ0n) is 20.3. The molecule has 3 heteroatoms. The Kier molecular flexibility index (Phi) is 6.10. The summed E-state index contributed by atoms with van der Waals surface area (Å²) in [5.74, 6) is 3.31. The van der Waals surface area contributed by atoms with E-state index in [1.165, 1.54) is 6.42 Å². The van der Waals surface area contributed by atoms with Gasteiger partial charge in [0.15, 0.2) is 5.78 Å². The van der Waals surface area contributed by atoms with Crippen LogP contribution in [0.4, 0.5) is 0 Å². The van der Waals surface area contributed by atoms with Crippen molar-refractivity contribution in [2.24, 2.45) is 52.3 Å². The van der Waals surface area contributed by atoms with Crippen molar-refractivity contribution in [3.63, 3.8) is 0 Å². The Labute approximate surface area is 189 Å². The number of rotatable bonds is 5. The highest BCUT2D eigenvalue weighted by Crippen LogP contribution is 2.68. The van der Waals surface area contributed by atoms with Gasteiger partial charge in [0.25, 0.3) is 0 Å². The first-order valence-corrected chi connectivity index (χ1v) is 12.8. The van der Waals surface area contributed by atoms with Crippen LogP contribution < -0.4 is 0 Å². The maximum atomic E-state index is 12.1. The fourth-order valence-electron chi connectivity index (χ4n) is 8.20. The van der Waals surface area contributed by atoms with Crippen LogP contribution in [0.2, 0.25) is 0 Å². The summed E-state index contributed by atoms with van der Waals surface area (Å²) in [6.07, 6.45) is 15.4. The highest BCUT2D eigenvalue weighted by atomic mass is 16.3. The van der Waals surface area contributed by atoms with Gasteiger partial charge in [-0.3, -0.25) is 4.79 Å². The Balaban J connectivity index is 1.60. The van der Waals surface area contributed by atoms with Crippen molar-refractivity contribution in [1.82, 2.24) is 0 Å². The molecule has 4 rings (SSSR count). The second-order valence-corrected chi connectivity index (χ2v) is 12.2. The zero-order valence-corrected chi connectivity index (χ0v) is 20.3. The van der Waals surface area contributed by atoms with Crippen LogP contribution >= 0.6 is 0 Å². The van der Waals surface area contributed by atoms with Crippen molar-refractivity contribution < 1.29 is 15.0 Å². The van der Waals surface area contributed by atoms with Gasteiger partial charge < -0.3 is 10.2 Å². The molecule has 0 aromatic rings. The van der Waals surface area contributed by atoms with Crippen LogP contribution in [0.15, 0.2) is 24.3 Å². The van der Waals surface area contributed by atoms with E-state index in [2.05, 4.69) is 52.8 Å². The minimum absolute atomic E-state index is 0.0128. The number of aliphatic hydroxyl groups is 2. The van der Waals surface area contributed by atoms with Crippen LogP contribution in [-0.2, 0) is 4.79 Å². The van der Waals surface area contributed by atoms with Crippen LogP contribution in [0.1, 0.15) is 79.6 Å². The number of aliphatic hydroxyl groups excluding tert-OH is 1. The van der Waals surface area contributed by atoms with E-state index in [4.69, 9.17) is 0 Å². The molecule has 0 radical (unpaired) electrons. The molecule has 0 unspecified atom stereocenters. The average Bonchev–Trinajstić information content (AvgIpc) is 3.00. The molecule has 0 aromatic heterocycles. The molecule has 4 aliphatic carbocycles. The molecule has 3 nitrogen and oxygen atoms in total. The molecule has 174 valence electrons. The maximum absolute atomic E-state index is 12.1. The van der Waals surface area contributed by atoms with Crippen LogP contribution in [0, 0.1) is 52.3 Å². The monoisotopic (exact) mass is 428 g/mol. The van der Waals surface area contributed by atoms with Gasteiger partial charge in [0.2, 0.25) is 0 Å². The highest BCUT2D eigenvalue weighted by Gasteiger charge is 2.65. The number of carbonyl (C=O) groups is 1. The summed E-state index contributed by atoms with van der Waals surface area (Å²) in [6.45, 7) is 11.4. The first-order valence-electron chi connectivity index (χ1n) is 12.8. The van der Waals surface area contributed by atoms with Crippen molar-refractivity contribution in [3.05, 3.63) is 24.3 Å². The molecule has 3 fully saturated rings. The number of hydrogen-bond donors (Lipinski definition) is 2. The number of fused-ring (bicyclic) bond motifs is 5. The quantitative estimate of drug-likeness (QED) is 0.564. The van der Waals surface area contributed by atoms with E-state index in [0.29, 0.717) is 47.7 Å². The molecule has 0 amide bonds. The molecule has 4 aliphatic rings. The lowest BCUT2D eigenvalue weighted by molar-refractivity contribution is -0.159. The van der Waals surface area contributed by atoms with E-state index in [1.807, 2.05) is 6.08 Å². The third-order valence-corrected chi connectivity index (χ3v) is 10.8. The lowest BCUT2D eigenvalue weighted by atomic mass is 9.45. The molecular weight excluding hydrogens is 384 g/mol. The molecule has 0 bridgehead atoms. The number of allylic oxidation sites excluding steroid dienone is 3. The molecular formula is C28H44O3. The van der Waals surface area contributed by atoms with Crippen molar-refractivity contribution in [3.8, 4) is 0 Å². The van der Waals surface area contributed by atoms with E-state index in [1.54, 1.807) is 0 Å². The SMILES string of the molecule is CC(C)[C@H](C)C=C[C@@H](CO)[C@@]1(O)CC[C@H]2[C@@H]3CC[C@H]4CC(=O)C=C[C@]4(C)[C@H]3CC[C@@]21C. The van der Waals surface area contributed by atoms with E-state index >= 15 is 0 Å². The zero-order chi connectivity index (χ0) is 22.6. The molecule has 31 heavy (non-hydrogen) atoms. The van der Waals surface area contributed by atoms with Crippen molar-refractivity contribution >= 4 is 5.78 Å². The van der Waals surface area contributed by atoms with Crippen LogP contribution in [0.25, 0.3) is 0 Å². The van der Waals surface area contributed by atoms with Gasteiger partial charge in [-0.15, -0.1) is 0 Å². The van der Waals surface area contributed by atoms with Gasteiger partial charge in [0.05, 0.1) is 12.2 Å². The predicted molar refractivity (Wildman–Crippen MR) is 125 cm³/mol.